The Bertz CT molecular complexity index is 1400. The third-order valence-electron chi connectivity index (χ3n) is 5.98. The largest absolute Gasteiger partial charge is 0.534 e. The van der Waals surface area contributed by atoms with Crippen LogP contribution in [0.5, 0.6) is 11.5 Å². The number of aromatic nitrogens is 1. The molecule has 0 N–H and O–H groups in total. The average molecular weight is 554 g/mol. The van der Waals surface area contributed by atoms with E-state index in [0.29, 0.717) is 29.3 Å². The van der Waals surface area contributed by atoms with Crippen molar-refractivity contribution >= 4 is 16.1 Å². The Balaban J connectivity index is 1.57. The summed E-state index contributed by atoms with van der Waals surface area (Å²) in [4.78, 5) is 16.4. The number of carbonyl (C=O) groups is 1. The molecule has 0 bridgehead atoms. The maximum absolute atomic E-state index is 13.2. The van der Waals surface area contributed by atoms with E-state index in [1.165, 1.54) is 6.07 Å². The van der Waals surface area contributed by atoms with Gasteiger partial charge in [0, 0.05) is 24.0 Å². The van der Waals surface area contributed by atoms with E-state index in [1.54, 1.807) is 13.0 Å². The smallest absolute Gasteiger partial charge is 0.489 e. The molecule has 1 aromatic heterocycles. The van der Waals surface area contributed by atoms with Crippen LogP contribution in [-0.2, 0) is 32.5 Å². The lowest BCUT2D eigenvalue weighted by molar-refractivity contribution is -0.149. The summed E-state index contributed by atoms with van der Waals surface area (Å²) in [5, 5.41) is 0. The van der Waals surface area contributed by atoms with Crippen LogP contribution in [0.25, 0.3) is 11.5 Å². The minimum absolute atomic E-state index is 0.0439. The zero-order valence-corrected chi connectivity index (χ0v) is 21.5. The number of esters is 1. The Kier molecular flexibility index (Phi) is 8.00. The van der Waals surface area contributed by atoms with Crippen molar-refractivity contribution in [3.05, 3.63) is 65.0 Å². The van der Waals surface area contributed by atoms with Crippen molar-refractivity contribution in [1.82, 2.24) is 4.98 Å². The summed E-state index contributed by atoms with van der Waals surface area (Å²) in [5.41, 5.74) is -3.70. The van der Waals surface area contributed by atoms with Crippen LogP contribution in [0.4, 0.5) is 13.2 Å². The molecule has 0 radical (unpaired) electrons. The SMILES string of the molecule is CCCC(=O)OC1CCc2c1ccc(OCCc1nc(-c3ccccc3)oc1C)c2OS(=O)(=O)C(F)(F)F. The molecule has 1 aliphatic rings. The second kappa shape index (κ2) is 11.1. The zero-order valence-electron chi connectivity index (χ0n) is 20.7. The summed E-state index contributed by atoms with van der Waals surface area (Å²) in [6.07, 6.45) is 0.692. The highest BCUT2D eigenvalue weighted by Crippen LogP contribution is 2.45. The molecule has 38 heavy (non-hydrogen) atoms. The molecular weight excluding hydrogens is 527 g/mol. The van der Waals surface area contributed by atoms with Crippen LogP contribution < -0.4 is 8.92 Å². The van der Waals surface area contributed by atoms with Gasteiger partial charge < -0.3 is 18.1 Å². The molecular formula is C26H26F3NO7S. The normalized spacial score (nSPS) is 15.2. The van der Waals surface area contributed by atoms with Crippen LogP contribution >= 0.6 is 0 Å². The fraction of sp³-hybridized carbons (Fsp3) is 0.385. The number of halogens is 3. The van der Waals surface area contributed by atoms with Crippen LogP contribution in [0.1, 0.15) is 54.9 Å². The maximum atomic E-state index is 13.2. The summed E-state index contributed by atoms with van der Waals surface area (Å²) >= 11 is 0. The molecule has 2 aromatic carbocycles. The number of hydrogen-bond donors (Lipinski definition) is 0. The Labute approximate surface area is 217 Å². The number of alkyl halides is 3. The van der Waals surface area contributed by atoms with Gasteiger partial charge in [0.1, 0.15) is 11.9 Å². The van der Waals surface area contributed by atoms with Gasteiger partial charge in [-0.2, -0.15) is 21.6 Å². The molecule has 3 aromatic rings. The number of nitrogens with zero attached hydrogens (tertiary/aromatic N) is 1. The maximum Gasteiger partial charge on any atom is 0.534 e. The summed E-state index contributed by atoms with van der Waals surface area (Å²) in [5.74, 6) is -0.222. The van der Waals surface area contributed by atoms with Gasteiger partial charge >= 0.3 is 21.6 Å². The molecule has 0 spiro atoms. The van der Waals surface area contributed by atoms with E-state index >= 15 is 0 Å². The standard InChI is InChI=1S/C26H26F3NO7S/c1-3-7-23(31)36-21-12-11-19-18(21)10-13-22(24(19)37-38(32,33)26(27,28)29)34-15-14-20-16(2)35-25(30-20)17-8-5-4-6-9-17/h4-6,8-10,13,21H,3,7,11-12,14-15H2,1-2H3. The minimum atomic E-state index is -5.97. The average Bonchev–Trinajstić information content (AvgIpc) is 3.43. The van der Waals surface area contributed by atoms with Gasteiger partial charge in [0.15, 0.2) is 11.5 Å². The van der Waals surface area contributed by atoms with Gasteiger partial charge in [-0.15, -0.1) is 0 Å². The van der Waals surface area contributed by atoms with E-state index in [2.05, 4.69) is 9.17 Å². The highest BCUT2D eigenvalue weighted by atomic mass is 32.2. The van der Waals surface area contributed by atoms with E-state index in [0.717, 1.165) is 5.56 Å². The molecule has 1 aliphatic carbocycles. The first-order valence-corrected chi connectivity index (χ1v) is 13.4. The second-order valence-electron chi connectivity index (χ2n) is 8.70. The molecule has 0 aliphatic heterocycles. The molecule has 8 nitrogen and oxygen atoms in total. The molecule has 204 valence electrons. The Hall–Kier alpha value is -3.54. The summed E-state index contributed by atoms with van der Waals surface area (Å²) in [7, 11) is -5.97. The van der Waals surface area contributed by atoms with E-state index in [4.69, 9.17) is 13.9 Å². The van der Waals surface area contributed by atoms with E-state index in [1.807, 2.05) is 37.3 Å². The van der Waals surface area contributed by atoms with Gasteiger partial charge in [0.2, 0.25) is 5.89 Å². The molecule has 0 saturated carbocycles. The molecule has 0 amide bonds. The molecule has 0 fully saturated rings. The minimum Gasteiger partial charge on any atom is -0.489 e. The van der Waals surface area contributed by atoms with E-state index in [-0.39, 0.29) is 43.6 Å². The van der Waals surface area contributed by atoms with Crippen molar-refractivity contribution in [2.45, 2.75) is 57.6 Å². The number of benzene rings is 2. The fourth-order valence-electron chi connectivity index (χ4n) is 4.14. The molecule has 1 heterocycles. The van der Waals surface area contributed by atoms with Crippen molar-refractivity contribution in [2.75, 3.05) is 6.61 Å². The van der Waals surface area contributed by atoms with Gasteiger partial charge in [0.05, 0.1) is 12.3 Å². The Morgan fingerprint density at radius 3 is 2.58 bits per heavy atom. The van der Waals surface area contributed by atoms with Crippen LogP contribution in [0, 0.1) is 6.92 Å². The van der Waals surface area contributed by atoms with Gasteiger partial charge in [-0.05, 0) is 49.9 Å². The van der Waals surface area contributed by atoms with Gasteiger partial charge in [0.25, 0.3) is 0 Å². The molecule has 0 saturated heterocycles. The highest BCUT2D eigenvalue weighted by molar-refractivity contribution is 7.88. The quantitative estimate of drug-likeness (QED) is 0.175. The van der Waals surface area contributed by atoms with Crippen LogP contribution in [0.15, 0.2) is 46.9 Å². The van der Waals surface area contributed by atoms with Crippen LogP contribution in [0.2, 0.25) is 0 Å². The molecule has 4 rings (SSSR count). The third kappa shape index (κ3) is 5.95. The molecule has 12 heteroatoms. The first kappa shape index (κ1) is 27.5. The monoisotopic (exact) mass is 553 g/mol. The number of hydrogen-bond acceptors (Lipinski definition) is 8. The van der Waals surface area contributed by atoms with Crippen LogP contribution in [0.3, 0.4) is 0 Å². The Morgan fingerprint density at radius 2 is 1.89 bits per heavy atom. The predicted molar refractivity (Wildman–Crippen MR) is 130 cm³/mol. The van der Waals surface area contributed by atoms with Crippen molar-refractivity contribution in [3.8, 4) is 23.0 Å². The number of aryl methyl sites for hydroxylation is 1. The summed E-state index contributed by atoms with van der Waals surface area (Å²) in [6.45, 7) is 3.50. The van der Waals surface area contributed by atoms with Crippen LogP contribution in [-0.4, -0.2) is 31.5 Å². The van der Waals surface area contributed by atoms with Crippen molar-refractivity contribution < 1.29 is 44.5 Å². The van der Waals surface area contributed by atoms with Crippen molar-refractivity contribution in [2.24, 2.45) is 0 Å². The Morgan fingerprint density at radius 1 is 1.16 bits per heavy atom. The number of fused-ring (bicyclic) bond motifs is 1. The number of ether oxygens (including phenoxy) is 2. The second-order valence-corrected chi connectivity index (χ2v) is 10.2. The fourth-order valence-corrected chi connectivity index (χ4v) is 4.64. The molecule has 1 atom stereocenters. The number of oxazole rings is 1. The molecule has 1 unspecified atom stereocenters. The topological polar surface area (TPSA) is 105 Å². The predicted octanol–water partition coefficient (Wildman–Crippen LogP) is 5.83. The first-order valence-electron chi connectivity index (χ1n) is 12.0. The lowest BCUT2D eigenvalue weighted by Crippen LogP contribution is -2.28. The van der Waals surface area contributed by atoms with Gasteiger partial charge in [-0.25, -0.2) is 4.98 Å². The zero-order chi connectivity index (χ0) is 27.5. The lowest BCUT2D eigenvalue weighted by Gasteiger charge is -2.18. The van der Waals surface area contributed by atoms with Crippen molar-refractivity contribution in [3.63, 3.8) is 0 Å². The van der Waals surface area contributed by atoms with E-state index < -0.39 is 33.4 Å². The summed E-state index contributed by atoms with van der Waals surface area (Å²) in [6, 6.07) is 12.1. The van der Waals surface area contributed by atoms with Gasteiger partial charge in [-0.3, -0.25) is 4.79 Å². The number of rotatable bonds is 10. The first-order chi connectivity index (χ1) is 18.0. The summed E-state index contributed by atoms with van der Waals surface area (Å²) < 4.78 is 84.7. The van der Waals surface area contributed by atoms with Gasteiger partial charge in [-0.1, -0.05) is 31.2 Å². The third-order valence-corrected chi connectivity index (χ3v) is 6.93. The van der Waals surface area contributed by atoms with E-state index in [9.17, 15) is 26.4 Å². The number of carbonyl (C=O) groups excluding carboxylic acids is 1. The lowest BCUT2D eigenvalue weighted by atomic mass is 10.1. The van der Waals surface area contributed by atoms with Crippen molar-refractivity contribution in [1.29, 1.82) is 0 Å². The highest BCUT2D eigenvalue weighted by Gasteiger charge is 2.49.